The molecule has 0 aliphatic carbocycles. The molecule has 0 fully saturated rings. The van der Waals surface area contributed by atoms with Crippen LogP contribution in [0.3, 0.4) is 0 Å². The highest BCUT2D eigenvalue weighted by molar-refractivity contribution is 5.94. The van der Waals surface area contributed by atoms with Gasteiger partial charge in [-0.25, -0.2) is 4.79 Å². The average Bonchev–Trinajstić information content (AvgIpc) is 3.05. The fourth-order valence-electron chi connectivity index (χ4n) is 5.05. The lowest BCUT2D eigenvalue weighted by molar-refractivity contribution is -0.149. The Labute approximate surface area is 276 Å². The van der Waals surface area contributed by atoms with Gasteiger partial charge in [0, 0.05) is 7.05 Å². The summed E-state index contributed by atoms with van der Waals surface area (Å²) >= 11 is 0. The first kappa shape index (κ1) is 40.8. The molecule has 0 aliphatic rings. The number of nitrogens with zero attached hydrogens (tertiary/aromatic N) is 1. The molecule has 3 N–H and O–H groups in total. The molecule has 10 nitrogen and oxygen atoms in total. The molecule has 3 amide bonds. The lowest BCUT2D eigenvalue weighted by atomic mass is 9.94. The standard InChI is InChI=1S/C36H59N3O7/c1-9-12-13-17-20-31(40)27(7)35(43)39(8)30(22-25(4)5)33(41)38-32(26(6)11-3)34(42)37-29(36(44)46-21-10-2)24-45-23-28-18-15-14-16-19-28/h10,14-16,18-19,25-27,29-32,40H,2,9,11-13,17,20-24H2,1,3-8H3,(H,37,42)(H,38,41)/t26-,27-,29-,30+,31-,32+/m1/s1. The third-order valence-electron chi connectivity index (χ3n) is 8.27. The van der Waals surface area contributed by atoms with Gasteiger partial charge in [0.2, 0.25) is 17.7 Å². The fraction of sp³-hybridized carbons (Fsp3) is 0.667. The minimum Gasteiger partial charge on any atom is -0.460 e. The first-order chi connectivity index (χ1) is 21.9. The molecule has 0 spiro atoms. The van der Waals surface area contributed by atoms with Gasteiger partial charge in [-0.05, 0) is 30.2 Å². The minimum absolute atomic E-state index is 0.0292. The van der Waals surface area contributed by atoms with Gasteiger partial charge in [-0.1, -0.05) is 117 Å². The summed E-state index contributed by atoms with van der Waals surface area (Å²) in [6, 6.07) is 6.47. The van der Waals surface area contributed by atoms with Crippen LogP contribution >= 0.6 is 0 Å². The van der Waals surface area contributed by atoms with E-state index in [0.29, 0.717) is 19.3 Å². The van der Waals surface area contributed by atoms with E-state index in [4.69, 9.17) is 9.47 Å². The maximum absolute atomic E-state index is 13.8. The molecular weight excluding hydrogens is 586 g/mol. The number of nitrogens with one attached hydrogen (secondary N) is 2. The van der Waals surface area contributed by atoms with Crippen LogP contribution in [0.2, 0.25) is 0 Å². The number of aliphatic hydroxyl groups is 1. The van der Waals surface area contributed by atoms with Crippen LogP contribution in [0.5, 0.6) is 0 Å². The molecule has 0 saturated carbocycles. The van der Waals surface area contributed by atoms with Crippen LogP contribution in [-0.2, 0) is 35.3 Å². The molecule has 0 heterocycles. The quantitative estimate of drug-likeness (QED) is 0.0885. The van der Waals surface area contributed by atoms with Crippen molar-refractivity contribution in [2.45, 2.75) is 117 Å². The van der Waals surface area contributed by atoms with Crippen LogP contribution < -0.4 is 10.6 Å². The van der Waals surface area contributed by atoms with Gasteiger partial charge in [0.15, 0.2) is 6.04 Å². The topological polar surface area (TPSA) is 134 Å². The van der Waals surface area contributed by atoms with Crippen LogP contribution in [0.15, 0.2) is 43.0 Å². The lowest BCUT2D eigenvalue weighted by Crippen LogP contribution is -2.59. The summed E-state index contributed by atoms with van der Waals surface area (Å²) in [4.78, 5) is 55.2. The van der Waals surface area contributed by atoms with E-state index in [-0.39, 0.29) is 37.6 Å². The molecule has 0 saturated heterocycles. The van der Waals surface area contributed by atoms with Gasteiger partial charge in [-0.15, -0.1) is 0 Å². The second-order valence-corrected chi connectivity index (χ2v) is 12.7. The van der Waals surface area contributed by atoms with Crippen molar-refractivity contribution in [2.24, 2.45) is 17.8 Å². The minimum atomic E-state index is -1.12. The van der Waals surface area contributed by atoms with Crippen molar-refractivity contribution in [2.75, 3.05) is 20.3 Å². The number of rotatable bonds is 23. The van der Waals surface area contributed by atoms with Gasteiger partial charge in [-0.2, -0.15) is 0 Å². The SMILES string of the molecule is C=CCOC(=O)[C@@H](COCc1ccccc1)NC(=O)[C@@H](NC(=O)[C@H](CC(C)C)N(C)C(=O)[C@H](C)[C@H](O)CCCCCC)[C@H](C)CC. The molecule has 1 aromatic carbocycles. The van der Waals surface area contributed by atoms with Crippen LogP contribution in [0.1, 0.15) is 92.1 Å². The second-order valence-electron chi connectivity index (χ2n) is 12.7. The zero-order valence-electron chi connectivity index (χ0n) is 29.1. The Morgan fingerprint density at radius 2 is 1.65 bits per heavy atom. The Morgan fingerprint density at radius 3 is 2.24 bits per heavy atom. The lowest BCUT2D eigenvalue weighted by Gasteiger charge is -2.34. The molecule has 0 unspecified atom stereocenters. The van der Waals surface area contributed by atoms with Crippen LogP contribution in [-0.4, -0.2) is 78.2 Å². The van der Waals surface area contributed by atoms with E-state index in [1.165, 1.54) is 11.0 Å². The van der Waals surface area contributed by atoms with E-state index < -0.39 is 47.9 Å². The highest BCUT2D eigenvalue weighted by Crippen LogP contribution is 2.19. The Bertz CT molecular complexity index is 1060. The van der Waals surface area contributed by atoms with Crippen LogP contribution in [0, 0.1) is 17.8 Å². The molecule has 6 atom stereocenters. The maximum Gasteiger partial charge on any atom is 0.331 e. The number of benzene rings is 1. The summed E-state index contributed by atoms with van der Waals surface area (Å²) in [6.07, 6.45) is 6.06. The number of hydrogen-bond donors (Lipinski definition) is 3. The van der Waals surface area contributed by atoms with E-state index in [2.05, 4.69) is 24.1 Å². The highest BCUT2D eigenvalue weighted by atomic mass is 16.5. The van der Waals surface area contributed by atoms with E-state index in [1.807, 2.05) is 58.0 Å². The van der Waals surface area contributed by atoms with Crippen LogP contribution in [0.25, 0.3) is 0 Å². The van der Waals surface area contributed by atoms with Gasteiger partial charge in [-0.3, -0.25) is 14.4 Å². The van der Waals surface area contributed by atoms with E-state index in [9.17, 15) is 24.3 Å². The zero-order valence-corrected chi connectivity index (χ0v) is 29.1. The van der Waals surface area contributed by atoms with Crippen molar-refractivity contribution >= 4 is 23.7 Å². The predicted octanol–water partition coefficient (Wildman–Crippen LogP) is 4.79. The monoisotopic (exact) mass is 645 g/mol. The number of hydrogen-bond acceptors (Lipinski definition) is 7. The van der Waals surface area contributed by atoms with Crippen molar-refractivity contribution in [3.8, 4) is 0 Å². The number of unbranched alkanes of at least 4 members (excludes halogenated alkanes) is 3. The molecule has 10 heteroatoms. The third-order valence-corrected chi connectivity index (χ3v) is 8.27. The maximum atomic E-state index is 13.8. The zero-order chi connectivity index (χ0) is 34.6. The summed E-state index contributed by atoms with van der Waals surface area (Å²) < 4.78 is 11.0. The molecule has 260 valence electrons. The summed E-state index contributed by atoms with van der Waals surface area (Å²) in [5.41, 5.74) is 0.907. The number of ether oxygens (including phenoxy) is 2. The van der Waals surface area contributed by atoms with Crippen molar-refractivity contribution in [1.29, 1.82) is 0 Å². The normalized spacial score (nSPS) is 15.2. The van der Waals surface area contributed by atoms with Gasteiger partial charge in [0.25, 0.3) is 0 Å². The number of likely N-dealkylation sites (N-methyl/N-ethyl adjacent to an activating group) is 1. The number of esters is 1. The molecule has 0 aliphatic heterocycles. The van der Waals surface area contributed by atoms with Gasteiger partial charge < -0.3 is 30.1 Å². The molecule has 0 bridgehead atoms. The third kappa shape index (κ3) is 14.5. The molecule has 46 heavy (non-hydrogen) atoms. The largest absolute Gasteiger partial charge is 0.460 e. The van der Waals surface area contributed by atoms with Crippen molar-refractivity contribution < 1.29 is 33.8 Å². The summed E-state index contributed by atoms with van der Waals surface area (Å²) in [5.74, 6) is -2.93. The second kappa shape index (κ2) is 22.3. The average molecular weight is 646 g/mol. The summed E-state index contributed by atoms with van der Waals surface area (Å²) in [6.45, 7) is 15.1. The molecule has 1 aromatic rings. The van der Waals surface area contributed by atoms with Crippen molar-refractivity contribution in [3.63, 3.8) is 0 Å². The smallest absolute Gasteiger partial charge is 0.331 e. The predicted molar refractivity (Wildman–Crippen MR) is 181 cm³/mol. The first-order valence-corrected chi connectivity index (χ1v) is 16.8. The fourth-order valence-corrected chi connectivity index (χ4v) is 5.05. The van der Waals surface area contributed by atoms with Crippen LogP contribution in [0.4, 0.5) is 0 Å². The number of carbonyl (C=O) groups is 4. The summed E-state index contributed by atoms with van der Waals surface area (Å²) in [5, 5.41) is 16.3. The Hall–Kier alpha value is -3.24. The first-order valence-electron chi connectivity index (χ1n) is 16.8. The Kier molecular flexibility index (Phi) is 19.8. The molecular formula is C36H59N3O7. The molecule has 0 aromatic heterocycles. The highest BCUT2D eigenvalue weighted by Gasteiger charge is 2.36. The summed E-state index contributed by atoms with van der Waals surface area (Å²) in [7, 11) is 1.57. The van der Waals surface area contributed by atoms with Gasteiger partial charge in [0.05, 0.1) is 25.2 Å². The van der Waals surface area contributed by atoms with E-state index >= 15 is 0 Å². The molecule has 0 radical (unpaired) electrons. The van der Waals surface area contributed by atoms with E-state index in [0.717, 1.165) is 31.2 Å². The van der Waals surface area contributed by atoms with E-state index in [1.54, 1.807) is 14.0 Å². The molecule has 1 rings (SSSR count). The van der Waals surface area contributed by atoms with Gasteiger partial charge in [0.1, 0.15) is 18.7 Å². The van der Waals surface area contributed by atoms with Gasteiger partial charge >= 0.3 is 5.97 Å². The van der Waals surface area contributed by atoms with Crippen molar-refractivity contribution in [3.05, 3.63) is 48.6 Å². The number of amides is 3. The number of aliphatic hydroxyl groups excluding tert-OH is 1. The number of carbonyl (C=O) groups excluding carboxylic acids is 4. The Morgan fingerprint density at radius 1 is 0.978 bits per heavy atom. The Balaban J connectivity index is 3.10. The van der Waals surface area contributed by atoms with Crippen molar-refractivity contribution in [1.82, 2.24) is 15.5 Å².